The van der Waals surface area contributed by atoms with Gasteiger partial charge in [-0.1, -0.05) is 0 Å². The third-order valence-electron chi connectivity index (χ3n) is 1.77. The van der Waals surface area contributed by atoms with Crippen molar-refractivity contribution in [3.05, 3.63) is 16.3 Å². The molecule has 7 heteroatoms. The van der Waals surface area contributed by atoms with Gasteiger partial charge in [0, 0.05) is 6.54 Å². The zero-order valence-electron chi connectivity index (χ0n) is 8.93. The van der Waals surface area contributed by atoms with Gasteiger partial charge in [-0.05, 0) is 11.4 Å². The normalized spacial score (nSPS) is 9.35. The van der Waals surface area contributed by atoms with Crippen molar-refractivity contribution < 1.29 is 14.3 Å². The number of rotatable bonds is 5. The summed E-state index contributed by atoms with van der Waals surface area (Å²) in [5.41, 5.74) is 5.86. The van der Waals surface area contributed by atoms with E-state index in [2.05, 4.69) is 5.32 Å². The van der Waals surface area contributed by atoms with Gasteiger partial charge in [0.1, 0.15) is 4.88 Å². The lowest BCUT2D eigenvalue weighted by Gasteiger charge is -2.04. The maximum absolute atomic E-state index is 11.4. The Hall–Kier alpha value is -2.07. The molecule has 3 N–H and O–H groups in total. The number of hydrogen-bond acceptors (Lipinski definition) is 6. The highest BCUT2D eigenvalue weighted by Crippen LogP contribution is 2.19. The molecule has 1 aromatic rings. The zero-order chi connectivity index (χ0) is 12.7. The summed E-state index contributed by atoms with van der Waals surface area (Å²) in [4.78, 5) is 22.9. The Bertz CT molecular complexity index is 450. The fourth-order valence-electron chi connectivity index (χ4n) is 0.991. The van der Waals surface area contributed by atoms with Crippen molar-refractivity contribution in [2.24, 2.45) is 0 Å². The van der Waals surface area contributed by atoms with Crippen LogP contribution >= 0.6 is 11.3 Å². The standard InChI is InChI=1S/C10H11N3O3S/c11-3-1-4-13-8(14)6-16-10(15)9-7(12)2-5-17-9/h2,5H,1,4,6,12H2,(H,13,14). The molecule has 0 aliphatic rings. The first-order chi connectivity index (χ1) is 8.15. The van der Waals surface area contributed by atoms with E-state index in [1.807, 2.05) is 6.07 Å². The van der Waals surface area contributed by atoms with E-state index in [-0.39, 0.29) is 24.4 Å². The van der Waals surface area contributed by atoms with Crippen molar-refractivity contribution in [1.82, 2.24) is 5.32 Å². The fraction of sp³-hybridized carbons (Fsp3) is 0.300. The van der Waals surface area contributed by atoms with E-state index in [0.29, 0.717) is 5.69 Å². The van der Waals surface area contributed by atoms with E-state index < -0.39 is 11.9 Å². The number of esters is 1. The molecule has 0 spiro atoms. The van der Waals surface area contributed by atoms with E-state index in [4.69, 9.17) is 15.7 Å². The van der Waals surface area contributed by atoms with Gasteiger partial charge in [0.2, 0.25) is 0 Å². The average Bonchev–Trinajstić information content (AvgIpc) is 2.73. The molecule has 1 amide bonds. The maximum Gasteiger partial charge on any atom is 0.350 e. The van der Waals surface area contributed by atoms with Crippen LogP contribution in [0.25, 0.3) is 0 Å². The van der Waals surface area contributed by atoms with Crippen molar-refractivity contribution in [2.75, 3.05) is 18.9 Å². The Kier molecular flexibility index (Phi) is 4.97. The van der Waals surface area contributed by atoms with E-state index in [0.717, 1.165) is 11.3 Å². The molecule has 0 bridgehead atoms. The van der Waals surface area contributed by atoms with Crippen LogP contribution in [0, 0.1) is 11.3 Å². The first kappa shape index (κ1) is 13.0. The monoisotopic (exact) mass is 253 g/mol. The molecule has 0 saturated heterocycles. The van der Waals surface area contributed by atoms with E-state index in [9.17, 15) is 9.59 Å². The Balaban J connectivity index is 2.32. The Morgan fingerprint density at radius 2 is 2.35 bits per heavy atom. The van der Waals surface area contributed by atoms with Crippen LogP contribution in [-0.2, 0) is 9.53 Å². The van der Waals surface area contributed by atoms with E-state index in [1.165, 1.54) is 0 Å². The minimum atomic E-state index is -0.618. The highest BCUT2D eigenvalue weighted by atomic mass is 32.1. The zero-order valence-corrected chi connectivity index (χ0v) is 9.75. The summed E-state index contributed by atoms with van der Waals surface area (Å²) >= 11 is 1.16. The highest BCUT2D eigenvalue weighted by Gasteiger charge is 2.14. The number of nitrogens with two attached hydrogens (primary N) is 1. The molecule has 0 radical (unpaired) electrons. The third kappa shape index (κ3) is 4.12. The second-order valence-corrected chi connectivity index (χ2v) is 3.96. The second-order valence-electron chi connectivity index (χ2n) is 3.04. The van der Waals surface area contributed by atoms with Crippen LogP contribution in [0.15, 0.2) is 11.4 Å². The van der Waals surface area contributed by atoms with Crippen molar-refractivity contribution >= 4 is 28.9 Å². The fourth-order valence-corrected chi connectivity index (χ4v) is 1.70. The molecule has 0 atom stereocenters. The topological polar surface area (TPSA) is 105 Å². The summed E-state index contributed by atoms with van der Waals surface area (Å²) in [5.74, 6) is -1.06. The predicted octanol–water partition coefficient (Wildman–Crippen LogP) is 0.517. The van der Waals surface area contributed by atoms with Gasteiger partial charge in [0.25, 0.3) is 5.91 Å². The maximum atomic E-state index is 11.4. The van der Waals surface area contributed by atoms with E-state index >= 15 is 0 Å². The summed E-state index contributed by atoms with van der Waals surface area (Å²) < 4.78 is 4.76. The van der Waals surface area contributed by atoms with Crippen LogP contribution < -0.4 is 11.1 Å². The molecule has 17 heavy (non-hydrogen) atoms. The van der Waals surface area contributed by atoms with Crippen molar-refractivity contribution in [3.8, 4) is 6.07 Å². The van der Waals surface area contributed by atoms with Crippen LogP contribution in [0.3, 0.4) is 0 Å². The Labute approximate surface area is 102 Å². The van der Waals surface area contributed by atoms with Crippen LogP contribution in [0.1, 0.15) is 16.1 Å². The van der Waals surface area contributed by atoms with Gasteiger partial charge in [0.15, 0.2) is 6.61 Å². The highest BCUT2D eigenvalue weighted by molar-refractivity contribution is 7.12. The number of thiophene rings is 1. The quantitative estimate of drug-likeness (QED) is 0.587. The number of carbonyl (C=O) groups excluding carboxylic acids is 2. The largest absolute Gasteiger partial charge is 0.451 e. The summed E-state index contributed by atoms with van der Waals surface area (Å²) in [7, 11) is 0. The average molecular weight is 253 g/mol. The molecule has 6 nitrogen and oxygen atoms in total. The molecular weight excluding hydrogens is 242 g/mol. The molecule has 1 aromatic heterocycles. The number of nitriles is 1. The van der Waals surface area contributed by atoms with Crippen molar-refractivity contribution in [1.29, 1.82) is 5.26 Å². The van der Waals surface area contributed by atoms with Gasteiger partial charge in [-0.3, -0.25) is 4.79 Å². The van der Waals surface area contributed by atoms with Gasteiger partial charge in [-0.25, -0.2) is 4.79 Å². The molecule has 1 heterocycles. The molecule has 1 rings (SSSR count). The van der Waals surface area contributed by atoms with Crippen LogP contribution in [0.2, 0.25) is 0 Å². The lowest BCUT2D eigenvalue weighted by molar-refractivity contribution is -0.124. The van der Waals surface area contributed by atoms with Gasteiger partial charge in [0.05, 0.1) is 18.2 Å². The molecule has 0 saturated carbocycles. The summed E-state index contributed by atoms with van der Waals surface area (Å²) in [6, 6.07) is 3.47. The summed E-state index contributed by atoms with van der Waals surface area (Å²) in [5, 5.41) is 12.4. The molecule has 0 aliphatic carbocycles. The van der Waals surface area contributed by atoms with Gasteiger partial charge >= 0.3 is 5.97 Å². The third-order valence-corrected chi connectivity index (χ3v) is 2.68. The minimum absolute atomic E-state index is 0.220. The molecule has 0 unspecified atom stereocenters. The second kappa shape index (κ2) is 6.50. The Morgan fingerprint density at radius 3 is 2.94 bits per heavy atom. The number of nitrogen functional groups attached to an aromatic ring is 1. The molecule has 0 fully saturated rings. The van der Waals surface area contributed by atoms with Crippen LogP contribution in [0.5, 0.6) is 0 Å². The van der Waals surface area contributed by atoms with Gasteiger partial charge < -0.3 is 15.8 Å². The summed E-state index contributed by atoms with van der Waals surface area (Å²) in [6.45, 7) is -0.129. The number of carbonyl (C=O) groups is 2. The lowest BCUT2D eigenvalue weighted by atomic mass is 10.4. The van der Waals surface area contributed by atoms with Crippen LogP contribution in [0.4, 0.5) is 5.69 Å². The number of nitrogens with zero attached hydrogens (tertiary/aromatic N) is 1. The smallest absolute Gasteiger partial charge is 0.350 e. The van der Waals surface area contributed by atoms with Gasteiger partial charge in [-0.15, -0.1) is 11.3 Å². The first-order valence-corrected chi connectivity index (χ1v) is 5.67. The molecular formula is C10H11N3O3S. The molecule has 90 valence electrons. The number of hydrogen-bond donors (Lipinski definition) is 2. The van der Waals surface area contributed by atoms with Gasteiger partial charge in [-0.2, -0.15) is 5.26 Å². The number of amides is 1. The van der Waals surface area contributed by atoms with Crippen molar-refractivity contribution in [3.63, 3.8) is 0 Å². The number of anilines is 1. The lowest BCUT2D eigenvalue weighted by Crippen LogP contribution is -2.29. The molecule has 0 aliphatic heterocycles. The van der Waals surface area contributed by atoms with E-state index in [1.54, 1.807) is 11.4 Å². The minimum Gasteiger partial charge on any atom is -0.451 e. The number of nitrogens with one attached hydrogen (secondary N) is 1. The predicted molar refractivity (Wildman–Crippen MR) is 62.3 cm³/mol. The summed E-state index contributed by atoms with van der Waals surface area (Å²) in [6.07, 6.45) is 0.220. The SMILES string of the molecule is N#CCCNC(=O)COC(=O)c1sccc1N. The van der Waals surface area contributed by atoms with Crippen molar-refractivity contribution in [2.45, 2.75) is 6.42 Å². The Morgan fingerprint density at radius 1 is 1.59 bits per heavy atom. The molecule has 0 aromatic carbocycles. The van der Waals surface area contributed by atoms with Crippen LogP contribution in [-0.4, -0.2) is 25.0 Å². The number of ether oxygens (including phenoxy) is 1. The first-order valence-electron chi connectivity index (χ1n) is 4.79.